The third kappa shape index (κ3) is 10.2. The summed E-state index contributed by atoms with van der Waals surface area (Å²) in [6, 6.07) is 1.48. The molecule has 0 heterocycles. The van der Waals surface area contributed by atoms with Gasteiger partial charge < -0.3 is 4.74 Å². The van der Waals surface area contributed by atoms with E-state index in [0.717, 1.165) is 13.2 Å². The Morgan fingerprint density at radius 3 is 2.25 bits per heavy atom. The number of hydrogen-bond acceptors (Lipinski definition) is 1. The summed E-state index contributed by atoms with van der Waals surface area (Å²) >= 11 is 0. The van der Waals surface area contributed by atoms with Crippen LogP contribution in [0.25, 0.3) is 0 Å². The Bertz CT molecular complexity index is 83.9. The fraction of sp³-hybridized carbons (Fsp3) is 1.00. The molecule has 0 aromatic heterocycles. The lowest BCUT2D eigenvalue weighted by Gasteiger charge is -2.04. The average Bonchev–Trinajstić information content (AvgIpc) is 2.02. The van der Waals surface area contributed by atoms with E-state index in [-0.39, 0.29) is 8.80 Å². The fourth-order valence-electron chi connectivity index (χ4n) is 1.11. The molecule has 0 spiro atoms. The van der Waals surface area contributed by atoms with Crippen LogP contribution in [0.15, 0.2) is 0 Å². The SMILES string of the molecule is CCCCOCCCC[SiH](C)C. The van der Waals surface area contributed by atoms with Crippen LogP contribution in [0.5, 0.6) is 0 Å². The monoisotopic (exact) mass is 188 g/mol. The Morgan fingerprint density at radius 1 is 1.00 bits per heavy atom. The standard InChI is InChI=1S/C10H24OSi/c1-4-5-8-11-9-6-7-10-12(2)3/h12H,4-10H2,1-3H3. The third-order valence-corrected chi connectivity index (χ3v) is 3.53. The van der Waals surface area contributed by atoms with Crippen molar-refractivity contribution in [3.05, 3.63) is 0 Å². The van der Waals surface area contributed by atoms with Crippen molar-refractivity contribution in [3.8, 4) is 0 Å². The summed E-state index contributed by atoms with van der Waals surface area (Å²) in [7, 11) is -0.291. The lowest BCUT2D eigenvalue weighted by molar-refractivity contribution is 0.128. The molecule has 0 unspecified atom stereocenters. The van der Waals surface area contributed by atoms with E-state index < -0.39 is 0 Å². The van der Waals surface area contributed by atoms with Gasteiger partial charge in [-0.2, -0.15) is 0 Å². The molecule has 0 radical (unpaired) electrons. The van der Waals surface area contributed by atoms with Crippen LogP contribution < -0.4 is 0 Å². The molecule has 1 nitrogen and oxygen atoms in total. The fourth-order valence-corrected chi connectivity index (χ4v) is 2.21. The highest BCUT2D eigenvalue weighted by atomic mass is 28.3. The van der Waals surface area contributed by atoms with Gasteiger partial charge in [-0.15, -0.1) is 0 Å². The van der Waals surface area contributed by atoms with Gasteiger partial charge in [0.25, 0.3) is 0 Å². The second-order valence-electron chi connectivity index (χ2n) is 3.86. The quantitative estimate of drug-likeness (QED) is 0.420. The van der Waals surface area contributed by atoms with E-state index in [2.05, 4.69) is 20.0 Å². The molecule has 0 fully saturated rings. The van der Waals surface area contributed by atoms with Crippen LogP contribution in [-0.4, -0.2) is 22.0 Å². The van der Waals surface area contributed by atoms with Crippen LogP contribution in [0.3, 0.4) is 0 Å². The Hall–Kier alpha value is 0.177. The molecule has 0 aromatic rings. The second kappa shape index (κ2) is 9.27. The molecule has 0 saturated carbocycles. The van der Waals surface area contributed by atoms with Crippen molar-refractivity contribution in [2.45, 2.75) is 51.7 Å². The normalized spacial score (nSPS) is 11.0. The van der Waals surface area contributed by atoms with E-state index in [9.17, 15) is 0 Å². The van der Waals surface area contributed by atoms with Crippen LogP contribution >= 0.6 is 0 Å². The second-order valence-corrected chi connectivity index (χ2v) is 7.22. The van der Waals surface area contributed by atoms with Crippen molar-refractivity contribution in [1.29, 1.82) is 0 Å². The minimum Gasteiger partial charge on any atom is -0.381 e. The zero-order valence-electron chi connectivity index (χ0n) is 8.94. The van der Waals surface area contributed by atoms with E-state index in [1.54, 1.807) is 0 Å². The van der Waals surface area contributed by atoms with Crippen LogP contribution in [0.1, 0.15) is 32.6 Å². The largest absolute Gasteiger partial charge is 0.381 e. The molecule has 0 bridgehead atoms. The highest BCUT2D eigenvalue weighted by Crippen LogP contribution is 2.01. The summed E-state index contributed by atoms with van der Waals surface area (Å²) < 4.78 is 5.47. The van der Waals surface area contributed by atoms with Gasteiger partial charge in [0, 0.05) is 22.0 Å². The summed E-state index contributed by atoms with van der Waals surface area (Å²) in [5.41, 5.74) is 0. The van der Waals surface area contributed by atoms with Crippen molar-refractivity contribution in [2.75, 3.05) is 13.2 Å². The molecular weight excluding hydrogens is 164 g/mol. The Kier molecular flexibility index (Phi) is 9.40. The summed E-state index contributed by atoms with van der Waals surface area (Å²) in [6.07, 6.45) is 5.13. The molecule has 0 aliphatic heterocycles. The van der Waals surface area contributed by atoms with Crippen molar-refractivity contribution in [1.82, 2.24) is 0 Å². The first-order chi connectivity index (χ1) is 5.77. The third-order valence-electron chi connectivity index (χ3n) is 1.96. The molecule has 12 heavy (non-hydrogen) atoms. The summed E-state index contributed by atoms with van der Waals surface area (Å²) in [5.74, 6) is 0. The van der Waals surface area contributed by atoms with Crippen LogP contribution in [0.4, 0.5) is 0 Å². The number of rotatable bonds is 8. The Balaban J connectivity index is 2.82. The molecule has 0 amide bonds. The first-order valence-corrected chi connectivity index (χ1v) is 8.47. The maximum Gasteiger partial charge on any atom is 0.0465 e. The van der Waals surface area contributed by atoms with Gasteiger partial charge in [-0.3, -0.25) is 0 Å². The van der Waals surface area contributed by atoms with E-state index in [1.807, 2.05) is 0 Å². The van der Waals surface area contributed by atoms with Crippen LogP contribution in [0.2, 0.25) is 19.1 Å². The van der Waals surface area contributed by atoms with E-state index in [0.29, 0.717) is 0 Å². The van der Waals surface area contributed by atoms with Gasteiger partial charge in [0.05, 0.1) is 0 Å². The van der Waals surface area contributed by atoms with E-state index in [4.69, 9.17) is 4.74 Å². The summed E-state index contributed by atoms with van der Waals surface area (Å²) in [5, 5.41) is 0. The summed E-state index contributed by atoms with van der Waals surface area (Å²) in [4.78, 5) is 0. The topological polar surface area (TPSA) is 9.23 Å². The molecule has 0 atom stereocenters. The first kappa shape index (κ1) is 12.2. The zero-order valence-corrected chi connectivity index (χ0v) is 10.1. The van der Waals surface area contributed by atoms with Crippen LogP contribution in [-0.2, 0) is 4.74 Å². The number of hydrogen-bond donors (Lipinski definition) is 0. The van der Waals surface area contributed by atoms with Crippen LogP contribution in [0, 0.1) is 0 Å². The maximum atomic E-state index is 5.47. The minimum atomic E-state index is -0.291. The average molecular weight is 188 g/mol. The zero-order chi connectivity index (χ0) is 9.23. The molecule has 74 valence electrons. The Labute approximate surface area is 79.1 Å². The predicted octanol–water partition coefficient (Wildman–Crippen LogP) is 3.07. The smallest absolute Gasteiger partial charge is 0.0465 e. The van der Waals surface area contributed by atoms with Gasteiger partial charge in [-0.25, -0.2) is 0 Å². The van der Waals surface area contributed by atoms with Gasteiger partial charge >= 0.3 is 0 Å². The van der Waals surface area contributed by atoms with Crippen molar-refractivity contribution in [2.24, 2.45) is 0 Å². The van der Waals surface area contributed by atoms with E-state index in [1.165, 1.54) is 31.7 Å². The van der Waals surface area contributed by atoms with Gasteiger partial charge in [0.15, 0.2) is 0 Å². The first-order valence-electron chi connectivity index (χ1n) is 5.35. The molecule has 0 saturated heterocycles. The minimum absolute atomic E-state index is 0.291. The lowest BCUT2D eigenvalue weighted by Crippen LogP contribution is -2.01. The Morgan fingerprint density at radius 2 is 1.67 bits per heavy atom. The van der Waals surface area contributed by atoms with Gasteiger partial charge in [0.2, 0.25) is 0 Å². The highest BCUT2D eigenvalue weighted by molar-refractivity contribution is 6.55. The lowest BCUT2D eigenvalue weighted by atomic mass is 10.3. The van der Waals surface area contributed by atoms with Gasteiger partial charge in [-0.05, 0) is 12.8 Å². The van der Waals surface area contributed by atoms with Crippen molar-refractivity contribution < 1.29 is 4.74 Å². The number of unbranched alkanes of at least 4 members (excludes halogenated alkanes) is 2. The maximum absolute atomic E-state index is 5.47. The number of ether oxygens (including phenoxy) is 1. The molecule has 0 aliphatic rings. The van der Waals surface area contributed by atoms with Crippen molar-refractivity contribution >= 4 is 8.80 Å². The van der Waals surface area contributed by atoms with Gasteiger partial charge in [0.1, 0.15) is 0 Å². The molecule has 0 aromatic carbocycles. The van der Waals surface area contributed by atoms with E-state index >= 15 is 0 Å². The summed E-state index contributed by atoms with van der Waals surface area (Å²) in [6.45, 7) is 8.99. The molecule has 2 heteroatoms. The molecule has 0 aliphatic carbocycles. The molecule has 0 N–H and O–H groups in total. The molecule has 0 rings (SSSR count). The van der Waals surface area contributed by atoms with Crippen molar-refractivity contribution in [3.63, 3.8) is 0 Å². The van der Waals surface area contributed by atoms with Gasteiger partial charge in [-0.1, -0.05) is 38.9 Å². The predicted molar refractivity (Wildman–Crippen MR) is 58.6 cm³/mol. The highest BCUT2D eigenvalue weighted by Gasteiger charge is 1.95. The molecular formula is C10H24OSi.